The Bertz CT molecular complexity index is 1140. The van der Waals surface area contributed by atoms with Crippen LogP contribution in [0.3, 0.4) is 0 Å². The van der Waals surface area contributed by atoms with Crippen molar-refractivity contribution in [2.24, 2.45) is 5.92 Å². The third-order valence-corrected chi connectivity index (χ3v) is 6.53. The van der Waals surface area contributed by atoms with Crippen molar-refractivity contribution in [3.05, 3.63) is 64.7 Å². The van der Waals surface area contributed by atoms with E-state index in [-0.39, 0.29) is 18.2 Å². The van der Waals surface area contributed by atoms with Crippen molar-refractivity contribution >= 4 is 39.1 Å². The number of hydrogen-bond donors (Lipinski definition) is 1. The molecule has 0 aliphatic heterocycles. The highest BCUT2D eigenvalue weighted by Gasteiger charge is 2.30. The number of rotatable bonds is 10. The van der Waals surface area contributed by atoms with Gasteiger partial charge in [0, 0.05) is 24.2 Å². The number of amides is 2. The van der Waals surface area contributed by atoms with Crippen molar-refractivity contribution in [2.45, 2.75) is 33.4 Å². The second kappa shape index (κ2) is 11.6. The van der Waals surface area contributed by atoms with E-state index >= 15 is 0 Å². The topological polar surface area (TPSA) is 86.8 Å². The summed E-state index contributed by atoms with van der Waals surface area (Å²) >= 11 is 6.24. The summed E-state index contributed by atoms with van der Waals surface area (Å²) in [6.07, 6.45) is 0.846. The molecule has 7 nitrogen and oxygen atoms in total. The van der Waals surface area contributed by atoms with E-state index < -0.39 is 46.1 Å². The van der Waals surface area contributed by atoms with Crippen molar-refractivity contribution in [3.8, 4) is 0 Å². The van der Waals surface area contributed by atoms with Crippen molar-refractivity contribution in [2.75, 3.05) is 23.7 Å². The summed E-state index contributed by atoms with van der Waals surface area (Å²) in [6.45, 7) is 4.96. The molecule has 0 aliphatic carbocycles. The predicted molar refractivity (Wildman–Crippen MR) is 128 cm³/mol. The number of carbonyl (C=O) groups excluding carboxylic acids is 2. The van der Waals surface area contributed by atoms with E-state index in [2.05, 4.69) is 5.32 Å². The first-order valence-electron chi connectivity index (χ1n) is 10.5. The molecule has 0 saturated heterocycles. The van der Waals surface area contributed by atoms with E-state index in [4.69, 9.17) is 11.6 Å². The minimum absolute atomic E-state index is 0.0653. The Morgan fingerprint density at radius 2 is 1.71 bits per heavy atom. The Morgan fingerprint density at radius 3 is 2.26 bits per heavy atom. The van der Waals surface area contributed by atoms with Crippen LogP contribution >= 0.6 is 11.6 Å². The number of nitrogens with one attached hydrogen (secondary N) is 1. The van der Waals surface area contributed by atoms with Gasteiger partial charge in [0.1, 0.15) is 12.6 Å². The zero-order chi connectivity index (χ0) is 25.6. The molecule has 186 valence electrons. The molecule has 0 aromatic heterocycles. The molecule has 0 saturated carbocycles. The van der Waals surface area contributed by atoms with Gasteiger partial charge in [0.05, 0.1) is 11.9 Å². The molecule has 2 aromatic carbocycles. The van der Waals surface area contributed by atoms with Gasteiger partial charge in [0.25, 0.3) is 0 Å². The van der Waals surface area contributed by atoms with Crippen LogP contribution in [0.4, 0.5) is 14.5 Å². The van der Waals surface area contributed by atoms with E-state index in [0.29, 0.717) is 27.5 Å². The van der Waals surface area contributed by atoms with E-state index in [1.807, 2.05) is 13.8 Å². The minimum atomic E-state index is -4.05. The molecular formula is C23H28ClF2N3O4S. The van der Waals surface area contributed by atoms with E-state index in [1.165, 1.54) is 11.8 Å². The summed E-state index contributed by atoms with van der Waals surface area (Å²) < 4.78 is 52.7. The lowest BCUT2D eigenvalue weighted by atomic mass is 10.1. The summed E-state index contributed by atoms with van der Waals surface area (Å²) in [5.41, 5.74) is 0.337. The maximum atomic E-state index is 13.8. The molecule has 0 aliphatic rings. The molecule has 0 heterocycles. The molecular weight excluding hydrogens is 488 g/mol. The highest BCUT2D eigenvalue weighted by molar-refractivity contribution is 7.92. The lowest BCUT2D eigenvalue weighted by Gasteiger charge is -2.31. The second-order valence-corrected chi connectivity index (χ2v) is 10.6. The summed E-state index contributed by atoms with van der Waals surface area (Å²) in [4.78, 5) is 27.3. The van der Waals surface area contributed by atoms with Gasteiger partial charge in [-0.25, -0.2) is 17.2 Å². The number of hydrogen-bond acceptors (Lipinski definition) is 4. The molecule has 0 bridgehead atoms. The molecule has 2 rings (SSSR count). The zero-order valence-electron chi connectivity index (χ0n) is 19.4. The van der Waals surface area contributed by atoms with Crippen LogP contribution in [0.25, 0.3) is 0 Å². The van der Waals surface area contributed by atoms with E-state index in [0.717, 1.165) is 18.4 Å². The second-order valence-electron chi connectivity index (χ2n) is 8.30. The monoisotopic (exact) mass is 515 g/mol. The molecule has 1 unspecified atom stereocenters. The average Bonchev–Trinajstić information content (AvgIpc) is 2.75. The highest BCUT2D eigenvalue weighted by atomic mass is 35.5. The number of sulfonamides is 1. The number of halogens is 3. The van der Waals surface area contributed by atoms with Crippen LogP contribution in [0.15, 0.2) is 42.5 Å². The van der Waals surface area contributed by atoms with Crippen LogP contribution in [0.2, 0.25) is 5.02 Å². The van der Waals surface area contributed by atoms with Gasteiger partial charge >= 0.3 is 0 Å². The molecule has 2 amide bonds. The maximum Gasteiger partial charge on any atom is 0.244 e. The van der Waals surface area contributed by atoms with Gasteiger partial charge in [0.15, 0.2) is 11.6 Å². The summed E-state index contributed by atoms with van der Waals surface area (Å²) in [5.74, 6) is -3.37. The predicted octanol–water partition coefficient (Wildman–Crippen LogP) is 3.57. The highest BCUT2D eigenvalue weighted by Crippen LogP contribution is 2.23. The fraction of sp³-hybridized carbons (Fsp3) is 0.391. The van der Waals surface area contributed by atoms with Crippen LogP contribution in [0.5, 0.6) is 0 Å². The number of nitrogens with zero attached hydrogens (tertiary/aromatic N) is 2. The third kappa shape index (κ3) is 7.39. The molecule has 1 atom stereocenters. The van der Waals surface area contributed by atoms with E-state index in [1.54, 1.807) is 24.3 Å². The van der Waals surface area contributed by atoms with Crippen molar-refractivity contribution in [1.82, 2.24) is 10.2 Å². The Balaban J connectivity index is 2.40. The fourth-order valence-corrected chi connectivity index (χ4v) is 4.14. The normalized spacial score (nSPS) is 12.4. The molecule has 34 heavy (non-hydrogen) atoms. The standard InChI is InChI=1S/C23H28ClF2N3O4S/c1-15(2)12-27-23(31)16(3)28(13-17-7-5-6-8-19(17)24)22(30)14-29(34(4,32)33)18-9-10-20(25)21(26)11-18/h5-11,15-16H,12-14H2,1-4H3,(H,27,31). The molecule has 1 N–H and O–H groups in total. The van der Waals surface area contributed by atoms with Crippen molar-refractivity contribution in [1.29, 1.82) is 0 Å². The minimum Gasteiger partial charge on any atom is -0.354 e. The lowest BCUT2D eigenvalue weighted by molar-refractivity contribution is -0.139. The molecule has 0 spiro atoms. The average molecular weight is 516 g/mol. The van der Waals surface area contributed by atoms with Crippen molar-refractivity contribution < 1.29 is 26.8 Å². The first kappa shape index (κ1) is 27.5. The zero-order valence-corrected chi connectivity index (χ0v) is 21.0. The van der Waals surface area contributed by atoms with Gasteiger partial charge < -0.3 is 10.2 Å². The van der Waals surface area contributed by atoms with Gasteiger partial charge in [-0.15, -0.1) is 0 Å². The largest absolute Gasteiger partial charge is 0.354 e. The Labute approximate surface area is 203 Å². The SMILES string of the molecule is CC(C)CNC(=O)C(C)N(Cc1ccccc1Cl)C(=O)CN(c1ccc(F)c(F)c1)S(C)(=O)=O. The van der Waals surface area contributed by atoms with Gasteiger partial charge in [-0.05, 0) is 36.6 Å². The third-order valence-electron chi connectivity index (χ3n) is 5.02. The number of carbonyl (C=O) groups is 2. The van der Waals surface area contributed by atoms with Gasteiger partial charge in [-0.3, -0.25) is 13.9 Å². The lowest BCUT2D eigenvalue weighted by Crippen LogP contribution is -2.51. The molecule has 2 aromatic rings. The van der Waals surface area contributed by atoms with Crippen LogP contribution in [0, 0.1) is 17.6 Å². The van der Waals surface area contributed by atoms with Gasteiger partial charge in [-0.1, -0.05) is 43.6 Å². The maximum absolute atomic E-state index is 13.8. The van der Waals surface area contributed by atoms with Gasteiger partial charge in [0.2, 0.25) is 21.8 Å². The smallest absolute Gasteiger partial charge is 0.244 e. The van der Waals surface area contributed by atoms with E-state index in [9.17, 15) is 26.8 Å². The Kier molecular flexibility index (Phi) is 9.40. The molecule has 0 radical (unpaired) electrons. The number of anilines is 1. The summed E-state index contributed by atoms with van der Waals surface area (Å²) in [6, 6.07) is 8.32. The van der Waals surface area contributed by atoms with Crippen molar-refractivity contribution in [3.63, 3.8) is 0 Å². The first-order chi connectivity index (χ1) is 15.8. The Morgan fingerprint density at radius 1 is 1.06 bits per heavy atom. The molecule has 11 heteroatoms. The first-order valence-corrected chi connectivity index (χ1v) is 12.8. The van der Waals surface area contributed by atoms with Crippen LogP contribution in [-0.4, -0.2) is 50.5 Å². The van der Waals surface area contributed by atoms with Gasteiger partial charge in [-0.2, -0.15) is 0 Å². The van der Waals surface area contributed by atoms with Crippen LogP contribution < -0.4 is 9.62 Å². The quantitative estimate of drug-likeness (QED) is 0.524. The van der Waals surface area contributed by atoms with Crippen LogP contribution in [0.1, 0.15) is 26.3 Å². The van der Waals surface area contributed by atoms with Crippen LogP contribution in [-0.2, 0) is 26.2 Å². The summed E-state index contributed by atoms with van der Waals surface area (Å²) in [5, 5.41) is 3.13. The Hall–Kier alpha value is -2.72. The molecule has 0 fully saturated rings. The number of benzene rings is 2. The fourth-order valence-electron chi connectivity index (χ4n) is 3.10. The summed E-state index contributed by atoms with van der Waals surface area (Å²) in [7, 11) is -4.05.